The van der Waals surface area contributed by atoms with E-state index in [1.807, 2.05) is 24.3 Å². The van der Waals surface area contributed by atoms with Gasteiger partial charge in [0.05, 0.1) is 36.3 Å². The Morgan fingerprint density at radius 2 is 1.86 bits per heavy atom. The normalized spacial score (nSPS) is 19.3. The Labute approximate surface area is 169 Å². The molecular formula is C22H21N3O2S. The largest absolute Gasteiger partial charge is 0.497 e. The number of carbonyl (C=O) groups is 1. The number of methoxy groups -OCH3 is 1. The van der Waals surface area contributed by atoms with Gasteiger partial charge in [-0.1, -0.05) is 41.6 Å². The number of anilines is 1. The third-order valence-corrected chi connectivity index (χ3v) is 6.37. The van der Waals surface area contributed by atoms with Crippen molar-refractivity contribution in [3.63, 3.8) is 0 Å². The summed E-state index contributed by atoms with van der Waals surface area (Å²) >= 11 is 1.56. The summed E-state index contributed by atoms with van der Waals surface area (Å²) in [4.78, 5) is 16.9. The van der Waals surface area contributed by atoms with Crippen LogP contribution >= 0.6 is 11.8 Å². The summed E-state index contributed by atoms with van der Waals surface area (Å²) in [7, 11) is 1.62. The number of fused-ring (bicyclic) bond motifs is 1. The van der Waals surface area contributed by atoms with Crippen LogP contribution in [0.5, 0.6) is 5.75 Å². The highest BCUT2D eigenvalue weighted by Gasteiger charge is 2.38. The first kappa shape index (κ1) is 18.5. The summed E-state index contributed by atoms with van der Waals surface area (Å²) in [5.41, 5.74) is 3.94. The Hall–Kier alpha value is -2.91. The van der Waals surface area contributed by atoms with Crippen LogP contribution in [0.1, 0.15) is 23.5 Å². The zero-order valence-corrected chi connectivity index (χ0v) is 16.7. The number of nitriles is 1. The van der Waals surface area contributed by atoms with Crippen LogP contribution in [-0.2, 0) is 4.79 Å². The third-order valence-electron chi connectivity index (χ3n) is 5.21. The molecular weight excluding hydrogens is 370 g/mol. The lowest BCUT2D eigenvalue weighted by molar-refractivity contribution is -0.129. The number of thioether (sulfide) groups is 1. The molecule has 0 N–H and O–H groups in total. The molecule has 28 heavy (non-hydrogen) atoms. The SMILES string of the molecule is COc1ccc([C@@H]2CC(=O)N3CN(c4ccc(C)cc4)CSC3=C2C#N)cc1. The molecule has 6 heteroatoms. The predicted molar refractivity (Wildman–Crippen MR) is 111 cm³/mol. The number of aryl methyl sites for hydroxylation is 1. The molecule has 142 valence electrons. The third kappa shape index (κ3) is 3.34. The Kier molecular flexibility index (Phi) is 5.01. The minimum atomic E-state index is -0.201. The van der Waals surface area contributed by atoms with Crippen molar-refractivity contribution in [3.8, 4) is 11.8 Å². The lowest BCUT2D eigenvalue weighted by atomic mass is 9.86. The maximum Gasteiger partial charge on any atom is 0.229 e. The molecule has 1 fully saturated rings. The minimum Gasteiger partial charge on any atom is -0.497 e. The smallest absolute Gasteiger partial charge is 0.229 e. The van der Waals surface area contributed by atoms with Gasteiger partial charge in [-0.15, -0.1) is 0 Å². The Morgan fingerprint density at radius 3 is 2.50 bits per heavy atom. The number of carbonyl (C=O) groups excluding carboxylic acids is 1. The number of benzene rings is 2. The fourth-order valence-electron chi connectivity index (χ4n) is 3.60. The predicted octanol–water partition coefficient (Wildman–Crippen LogP) is 4.22. The lowest BCUT2D eigenvalue weighted by Gasteiger charge is -2.42. The average molecular weight is 391 g/mol. The zero-order chi connectivity index (χ0) is 19.7. The Balaban J connectivity index is 1.63. The van der Waals surface area contributed by atoms with Gasteiger partial charge in [0.1, 0.15) is 5.75 Å². The van der Waals surface area contributed by atoms with Crippen LogP contribution in [0.2, 0.25) is 0 Å². The van der Waals surface area contributed by atoms with Crippen LogP contribution in [0.25, 0.3) is 0 Å². The van der Waals surface area contributed by atoms with Crippen molar-refractivity contribution < 1.29 is 9.53 Å². The number of hydrogen-bond donors (Lipinski definition) is 0. The van der Waals surface area contributed by atoms with Crippen molar-refractivity contribution in [2.24, 2.45) is 0 Å². The van der Waals surface area contributed by atoms with E-state index in [9.17, 15) is 10.1 Å². The molecule has 0 aromatic heterocycles. The molecule has 0 radical (unpaired) electrons. The molecule has 0 spiro atoms. The maximum absolute atomic E-state index is 12.9. The van der Waals surface area contributed by atoms with Crippen molar-refractivity contribution in [1.82, 2.24) is 4.90 Å². The summed E-state index contributed by atoms with van der Waals surface area (Å²) in [6.45, 7) is 2.53. The molecule has 0 unspecified atom stereocenters. The Morgan fingerprint density at radius 1 is 1.14 bits per heavy atom. The first-order valence-corrected chi connectivity index (χ1v) is 10.1. The van der Waals surface area contributed by atoms with Crippen molar-refractivity contribution in [2.45, 2.75) is 19.3 Å². The second-order valence-corrected chi connectivity index (χ2v) is 7.91. The van der Waals surface area contributed by atoms with Crippen LogP contribution in [0, 0.1) is 18.3 Å². The van der Waals surface area contributed by atoms with Crippen molar-refractivity contribution >= 4 is 23.4 Å². The van der Waals surface area contributed by atoms with E-state index in [4.69, 9.17) is 4.74 Å². The maximum atomic E-state index is 12.9. The van der Waals surface area contributed by atoms with E-state index in [2.05, 4.69) is 42.2 Å². The topological polar surface area (TPSA) is 56.6 Å². The standard InChI is InChI=1S/C22H21N3O2S/c1-15-3-7-17(8-4-15)24-13-25-21(26)11-19(20(12-23)22(25)28-14-24)16-5-9-18(27-2)10-6-16/h3-10,19H,11,13-14H2,1-2H3/t19-/m0/s1. The molecule has 2 aliphatic rings. The van der Waals surface area contributed by atoms with Crippen LogP contribution in [0.3, 0.4) is 0 Å². The number of amides is 1. The molecule has 2 aromatic carbocycles. The van der Waals surface area contributed by atoms with Gasteiger partial charge in [0, 0.05) is 18.0 Å². The highest BCUT2D eigenvalue weighted by atomic mass is 32.2. The first-order chi connectivity index (χ1) is 13.6. The van der Waals surface area contributed by atoms with E-state index in [-0.39, 0.29) is 11.8 Å². The van der Waals surface area contributed by atoms with Gasteiger partial charge in [-0.2, -0.15) is 5.26 Å². The van der Waals surface area contributed by atoms with Gasteiger partial charge >= 0.3 is 0 Å². The molecule has 0 saturated carbocycles. The number of nitrogens with zero attached hydrogens (tertiary/aromatic N) is 3. The highest BCUT2D eigenvalue weighted by molar-refractivity contribution is 8.03. The van der Waals surface area contributed by atoms with Gasteiger partial charge in [-0.3, -0.25) is 9.69 Å². The molecule has 2 aromatic rings. The molecule has 4 rings (SSSR count). The Bertz CT molecular complexity index is 961. The van der Waals surface area contributed by atoms with Gasteiger partial charge in [-0.25, -0.2) is 0 Å². The molecule has 0 bridgehead atoms. The molecule has 2 aliphatic heterocycles. The lowest BCUT2D eigenvalue weighted by Crippen LogP contribution is -2.47. The second-order valence-electron chi connectivity index (χ2n) is 6.97. The van der Waals surface area contributed by atoms with Crippen molar-refractivity contribution in [1.29, 1.82) is 5.26 Å². The van der Waals surface area contributed by atoms with E-state index in [1.165, 1.54) is 5.56 Å². The molecule has 0 aliphatic carbocycles. The quantitative estimate of drug-likeness (QED) is 0.784. The summed E-state index contributed by atoms with van der Waals surface area (Å²) in [6.07, 6.45) is 0.307. The molecule has 2 heterocycles. The fraction of sp³-hybridized carbons (Fsp3) is 0.273. The van der Waals surface area contributed by atoms with Crippen LogP contribution in [0.4, 0.5) is 5.69 Å². The van der Waals surface area contributed by atoms with Crippen LogP contribution in [0.15, 0.2) is 59.1 Å². The average Bonchev–Trinajstić information content (AvgIpc) is 2.74. The van der Waals surface area contributed by atoms with Gasteiger partial charge in [0.2, 0.25) is 5.91 Å². The van der Waals surface area contributed by atoms with Gasteiger partial charge in [0.15, 0.2) is 0 Å². The van der Waals surface area contributed by atoms with E-state index in [0.717, 1.165) is 22.0 Å². The van der Waals surface area contributed by atoms with E-state index < -0.39 is 0 Å². The molecule has 1 saturated heterocycles. The highest BCUT2D eigenvalue weighted by Crippen LogP contribution is 2.43. The van der Waals surface area contributed by atoms with Gasteiger partial charge < -0.3 is 9.64 Å². The number of rotatable bonds is 3. The number of allylic oxidation sites excluding steroid dienone is 1. The molecule has 5 nitrogen and oxygen atoms in total. The first-order valence-electron chi connectivity index (χ1n) is 9.13. The minimum absolute atomic E-state index is 0.0547. The zero-order valence-electron chi connectivity index (χ0n) is 15.9. The number of ether oxygens (including phenoxy) is 1. The van der Waals surface area contributed by atoms with Crippen molar-refractivity contribution in [2.75, 3.05) is 24.6 Å². The van der Waals surface area contributed by atoms with Gasteiger partial charge in [0.25, 0.3) is 0 Å². The summed E-state index contributed by atoms with van der Waals surface area (Å²) in [5, 5.41) is 10.7. The fourth-order valence-corrected chi connectivity index (χ4v) is 4.77. The monoisotopic (exact) mass is 391 g/mol. The number of hydrogen-bond acceptors (Lipinski definition) is 5. The van der Waals surface area contributed by atoms with Crippen LogP contribution in [-0.4, -0.2) is 30.5 Å². The van der Waals surface area contributed by atoms with E-state index in [1.54, 1.807) is 23.8 Å². The molecule has 1 atom stereocenters. The second kappa shape index (κ2) is 7.61. The molecule has 1 amide bonds. The summed E-state index contributed by atoms with van der Waals surface area (Å²) in [5.74, 6) is 1.33. The van der Waals surface area contributed by atoms with Crippen LogP contribution < -0.4 is 9.64 Å². The summed E-state index contributed by atoms with van der Waals surface area (Å²) < 4.78 is 5.22. The van der Waals surface area contributed by atoms with Crippen molar-refractivity contribution in [3.05, 3.63) is 70.3 Å². The van der Waals surface area contributed by atoms with E-state index >= 15 is 0 Å². The van der Waals surface area contributed by atoms with Gasteiger partial charge in [-0.05, 0) is 36.8 Å². The summed E-state index contributed by atoms with van der Waals surface area (Å²) in [6, 6.07) is 18.3. The van der Waals surface area contributed by atoms with E-state index in [0.29, 0.717) is 24.5 Å².